The van der Waals surface area contributed by atoms with Gasteiger partial charge in [0.15, 0.2) is 0 Å². The first-order chi connectivity index (χ1) is 12.5. The van der Waals surface area contributed by atoms with E-state index in [-0.39, 0.29) is 10.8 Å². The van der Waals surface area contributed by atoms with Gasteiger partial charge in [-0.1, -0.05) is 48.5 Å². The van der Waals surface area contributed by atoms with Crippen molar-refractivity contribution in [2.75, 3.05) is 20.1 Å². The molecule has 1 N–H and O–H groups in total. The first kappa shape index (κ1) is 20.1. The summed E-state index contributed by atoms with van der Waals surface area (Å²) >= 11 is 0. The number of nitrogens with zero attached hydrogens (tertiary/aromatic N) is 1. The van der Waals surface area contributed by atoms with Crippen molar-refractivity contribution in [3.8, 4) is 0 Å². The maximum atomic E-state index is 12.4. The minimum Gasteiger partial charge on any atom is -0.356 e. The van der Waals surface area contributed by atoms with E-state index in [2.05, 4.69) is 17.4 Å². The fourth-order valence-corrected chi connectivity index (χ4v) is 3.84. The lowest BCUT2D eigenvalue weighted by molar-refractivity contribution is -0.121. The highest BCUT2D eigenvalue weighted by Gasteiger charge is 2.19. The number of hydrogen-bond donors (Lipinski definition) is 1. The second-order valence-corrected chi connectivity index (χ2v) is 8.23. The van der Waals surface area contributed by atoms with Crippen molar-refractivity contribution in [1.82, 2.24) is 9.62 Å². The van der Waals surface area contributed by atoms with E-state index < -0.39 is 10.0 Å². The van der Waals surface area contributed by atoms with Crippen LogP contribution in [0.25, 0.3) is 0 Å². The van der Waals surface area contributed by atoms with Gasteiger partial charge in [0.1, 0.15) is 0 Å². The van der Waals surface area contributed by atoms with Crippen LogP contribution < -0.4 is 5.32 Å². The van der Waals surface area contributed by atoms with Crippen LogP contribution in [0.5, 0.6) is 0 Å². The summed E-state index contributed by atoms with van der Waals surface area (Å²) in [4.78, 5) is 12.1. The molecule has 0 fully saturated rings. The minimum absolute atomic E-state index is 0.0384. The van der Waals surface area contributed by atoms with Gasteiger partial charge < -0.3 is 5.32 Å². The SMILES string of the molecule is CN(CCCC(=O)NCCCc1ccccc1)S(=O)(=O)c1ccccc1. The van der Waals surface area contributed by atoms with Crippen molar-refractivity contribution in [2.45, 2.75) is 30.6 Å². The van der Waals surface area contributed by atoms with Gasteiger partial charge in [-0.25, -0.2) is 12.7 Å². The van der Waals surface area contributed by atoms with E-state index in [4.69, 9.17) is 0 Å². The van der Waals surface area contributed by atoms with Gasteiger partial charge in [-0.15, -0.1) is 0 Å². The van der Waals surface area contributed by atoms with E-state index in [1.54, 1.807) is 37.4 Å². The summed E-state index contributed by atoms with van der Waals surface area (Å²) in [6.07, 6.45) is 2.63. The van der Waals surface area contributed by atoms with E-state index in [1.807, 2.05) is 18.2 Å². The van der Waals surface area contributed by atoms with Crippen LogP contribution in [0.2, 0.25) is 0 Å². The lowest BCUT2D eigenvalue weighted by Crippen LogP contribution is -2.30. The van der Waals surface area contributed by atoms with Crippen molar-refractivity contribution in [1.29, 1.82) is 0 Å². The Morgan fingerprint density at radius 1 is 0.962 bits per heavy atom. The Hall–Kier alpha value is -2.18. The van der Waals surface area contributed by atoms with Gasteiger partial charge in [-0.3, -0.25) is 4.79 Å². The summed E-state index contributed by atoms with van der Waals surface area (Å²) in [5.41, 5.74) is 1.26. The van der Waals surface area contributed by atoms with Gasteiger partial charge >= 0.3 is 0 Å². The fourth-order valence-electron chi connectivity index (χ4n) is 2.61. The molecule has 0 saturated heterocycles. The smallest absolute Gasteiger partial charge is 0.242 e. The number of nitrogens with one attached hydrogen (secondary N) is 1. The van der Waals surface area contributed by atoms with Crippen LogP contribution >= 0.6 is 0 Å². The summed E-state index contributed by atoms with van der Waals surface area (Å²) < 4.78 is 26.1. The standard InChI is InChI=1S/C20H26N2O3S/c1-22(26(24,25)19-13-6-3-7-14-19)17-9-15-20(23)21-16-8-12-18-10-4-2-5-11-18/h2-7,10-11,13-14H,8-9,12,15-17H2,1H3,(H,21,23). The molecule has 0 spiro atoms. The largest absolute Gasteiger partial charge is 0.356 e. The Kier molecular flexibility index (Phi) is 7.81. The summed E-state index contributed by atoms with van der Waals surface area (Å²) in [7, 11) is -1.95. The Balaban J connectivity index is 1.65. The monoisotopic (exact) mass is 374 g/mol. The van der Waals surface area contributed by atoms with Gasteiger partial charge in [-0.05, 0) is 37.0 Å². The molecular formula is C20H26N2O3S. The first-order valence-electron chi connectivity index (χ1n) is 8.82. The quantitative estimate of drug-likeness (QED) is 0.650. The lowest BCUT2D eigenvalue weighted by Gasteiger charge is -2.17. The zero-order chi connectivity index (χ0) is 18.8. The Labute approximate surface area is 156 Å². The topological polar surface area (TPSA) is 66.5 Å². The summed E-state index contributed by atoms with van der Waals surface area (Å²) in [5, 5.41) is 2.89. The number of carbonyl (C=O) groups excluding carboxylic acids is 1. The second-order valence-electron chi connectivity index (χ2n) is 6.18. The molecule has 0 unspecified atom stereocenters. The number of hydrogen-bond acceptors (Lipinski definition) is 3. The van der Waals surface area contributed by atoms with Crippen LogP contribution in [-0.2, 0) is 21.2 Å². The highest BCUT2D eigenvalue weighted by atomic mass is 32.2. The number of aryl methyl sites for hydroxylation is 1. The molecule has 2 rings (SSSR count). The van der Waals surface area contributed by atoms with Gasteiger partial charge in [0.05, 0.1) is 4.90 Å². The molecule has 0 bridgehead atoms. The van der Waals surface area contributed by atoms with Crippen LogP contribution in [0.1, 0.15) is 24.8 Å². The Morgan fingerprint density at radius 3 is 2.23 bits per heavy atom. The highest BCUT2D eigenvalue weighted by Crippen LogP contribution is 2.13. The average molecular weight is 375 g/mol. The van der Waals surface area contributed by atoms with Crippen LogP contribution in [0, 0.1) is 0 Å². The van der Waals surface area contributed by atoms with E-state index in [1.165, 1.54) is 9.87 Å². The molecule has 2 aromatic carbocycles. The number of sulfonamides is 1. The molecule has 0 aromatic heterocycles. The average Bonchev–Trinajstić information content (AvgIpc) is 2.66. The molecule has 0 aliphatic heterocycles. The Morgan fingerprint density at radius 2 is 1.58 bits per heavy atom. The molecule has 1 amide bonds. The Bertz CT molecular complexity index is 777. The highest BCUT2D eigenvalue weighted by molar-refractivity contribution is 7.89. The molecule has 0 aliphatic carbocycles. The van der Waals surface area contributed by atoms with Crippen LogP contribution in [-0.4, -0.2) is 38.8 Å². The number of amides is 1. The summed E-state index contributed by atoms with van der Waals surface area (Å²) in [6, 6.07) is 18.5. The van der Waals surface area contributed by atoms with Crippen molar-refractivity contribution >= 4 is 15.9 Å². The van der Waals surface area contributed by atoms with Crippen molar-refractivity contribution in [3.63, 3.8) is 0 Å². The van der Waals surface area contributed by atoms with Gasteiger partial charge in [0, 0.05) is 26.6 Å². The lowest BCUT2D eigenvalue weighted by atomic mass is 10.1. The fraction of sp³-hybridized carbons (Fsp3) is 0.350. The van der Waals surface area contributed by atoms with Crippen molar-refractivity contribution < 1.29 is 13.2 Å². The zero-order valence-corrected chi connectivity index (χ0v) is 15.9. The van der Waals surface area contributed by atoms with Gasteiger partial charge in [-0.2, -0.15) is 0 Å². The van der Waals surface area contributed by atoms with Gasteiger partial charge in [0.25, 0.3) is 0 Å². The maximum absolute atomic E-state index is 12.4. The van der Waals surface area contributed by atoms with E-state index >= 15 is 0 Å². The number of benzene rings is 2. The van der Waals surface area contributed by atoms with Crippen molar-refractivity contribution in [3.05, 3.63) is 66.2 Å². The predicted molar refractivity (Wildman–Crippen MR) is 103 cm³/mol. The maximum Gasteiger partial charge on any atom is 0.242 e. The van der Waals surface area contributed by atoms with Gasteiger partial charge in [0.2, 0.25) is 15.9 Å². The van der Waals surface area contributed by atoms with Crippen LogP contribution in [0.3, 0.4) is 0 Å². The summed E-state index contributed by atoms with van der Waals surface area (Å²) in [5.74, 6) is -0.0384. The molecule has 5 nitrogen and oxygen atoms in total. The number of rotatable bonds is 10. The molecule has 0 radical (unpaired) electrons. The molecule has 0 aliphatic rings. The molecule has 0 saturated carbocycles. The summed E-state index contributed by atoms with van der Waals surface area (Å²) in [6.45, 7) is 0.945. The third kappa shape index (κ3) is 6.28. The number of carbonyl (C=O) groups is 1. The molecular weight excluding hydrogens is 348 g/mol. The molecule has 6 heteroatoms. The normalized spacial score (nSPS) is 11.5. The predicted octanol–water partition coefficient (Wildman–Crippen LogP) is 2.84. The molecule has 0 heterocycles. The molecule has 140 valence electrons. The zero-order valence-electron chi connectivity index (χ0n) is 15.1. The third-order valence-electron chi connectivity index (χ3n) is 4.14. The van der Waals surface area contributed by atoms with Crippen LogP contribution in [0.4, 0.5) is 0 Å². The first-order valence-corrected chi connectivity index (χ1v) is 10.3. The molecule has 2 aromatic rings. The van der Waals surface area contributed by atoms with Crippen molar-refractivity contribution in [2.24, 2.45) is 0 Å². The minimum atomic E-state index is -3.49. The third-order valence-corrected chi connectivity index (χ3v) is 6.01. The second kappa shape index (κ2) is 10.1. The van der Waals surface area contributed by atoms with E-state index in [0.29, 0.717) is 25.9 Å². The van der Waals surface area contributed by atoms with E-state index in [9.17, 15) is 13.2 Å². The molecule has 0 atom stereocenters. The molecule has 26 heavy (non-hydrogen) atoms. The van der Waals surface area contributed by atoms with Crippen LogP contribution in [0.15, 0.2) is 65.6 Å². The van der Waals surface area contributed by atoms with E-state index in [0.717, 1.165) is 12.8 Å².